The van der Waals surface area contributed by atoms with Gasteiger partial charge in [-0.15, -0.1) is 0 Å². The molecule has 6 nitrogen and oxygen atoms in total. The summed E-state index contributed by atoms with van der Waals surface area (Å²) >= 11 is 0. The van der Waals surface area contributed by atoms with Crippen LogP contribution >= 0.6 is 0 Å². The van der Waals surface area contributed by atoms with E-state index in [1.54, 1.807) is 18.3 Å². The standard InChI is InChI=1S/C11H11N3O3/c1-17-11-3-2-8(6-12-11)14-5-4-10(16)9(7-15)13-14/h2-6,15H,7H2,1H3. The normalized spacial score (nSPS) is 10.2. The molecule has 0 saturated heterocycles. The first-order valence-corrected chi connectivity index (χ1v) is 4.94. The first kappa shape index (κ1) is 11.3. The quantitative estimate of drug-likeness (QED) is 0.815. The van der Waals surface area contributed by atoms with Crippen molar-refractivity contribution in [1.29, 1.82) is 0 Å². The highest BCUT2D eigenvalue weighted by molar-refractivity contribution is 5.30. The van der Waals surface area contributed by atoms with E-state index in [-0.39, 0.29) is 17.7 Å². The Balaban J connectivity index is 2.42. The summed E-state index contributed by atoms with van der Waals surface area (Å²) in [4.78, 5) is 15.3. The van der Waals surface area contributed by atoms with Crippen LogP contribution in [0.4, 0.5) is 0 Å². The Kier molecular flexibility index (Phi) is 3.15. The van der Waals surface area contributed by atoms with Crippen molar-refractivity contribution >= 4 is 0 Å². The van der Waals surface area contributed by atoms with Gasteiger partial charge in [-0.25, -0.2) is 9.67 Å². The molecule has 0 spiro atoms. The molecule has 88 valence electrons. The minimum atomic E-state index is -0.386. The number of methoxy groups -OCH3 is 1. The molecule has 0 fully saturated rings. The second-order valence-electron chi connectivity index (χ2n) is 3.29. The molecule has 0 radical (unpaired) electrons. The monoisotopic (exact) mass is 233 g/mol. The number of hydrogen-bond donors (Lipinski definition) is 1. The summed E-state index contributed by atoms with van der Waals surface area (Å²) in [5, 5.41) is 13.0. The molecule has 0 unspecified atom stereocenters. The lowest BCUT2D eigenvalue weighted by atomic mass is 10.4. The summed E-state index contributed by atoms with van der Waals surface area (Å²) < 4.78 is 6.41. The van der Waals surface area contributed by atoms with Crippen LogP contribution in [0.15, 0.2) is 35.4 Å². The summed E-state index contributed by atoms with van der Waals surface area (Å²) in [6.07, 6.45) is 3.09. The zero-order valence-electron chi connectivity index (χ0n) is 9.20. The maximum absolute atomic E-state index is 11.3. The van der Waals surface area contributed by atoms with Crippen molar-refractivity contribution in [3.05, 3.63) is 46.5 Å². The number of rotatable bonds is 3. The molecule has 0 aliphatic heterocycles. The summed E-state index contributed by atoms with van der Waals surface area (Å²) in [5.41, 5.74) is 0.494. The van der Waals surface area contributed by atoms with E-state index in [0.717, 1.165) is 0 Å². The van der Waals surface area contributed by atoms with Crippen molar-refractivity contribution in [3.8, 4) is 11.6 Å². The van der Waals surface area contributed by atoms with E-state index >= 15 is 0 Å². The predicted octanol–water partition coefficient (Wildman–Crippen LogP) is 0.128. The Morgan fingerprint density at radius 1 is 1.41 bits per heavy atom. The van der Waals surface area contributed by atoms with Crippen molar-refractivity contribution in [2.45, 2.75) is 6.61 Å². The minimum absolute atomic E-state index is 0.100. The van der Waals surface area contributed by atoms with Crippen molar-refractivity contribution in [2.75, 3.05) is 7.11 Å². The molecule has 0 aliphatic rings. The van der Waals surface area contributed by atoms with Crippen LogP contribution in [0.5, 0.6) is 5.88 Å². The molecule has 2 aromatic rings. The molecule has 0 atom stereocenters. The number of nitrogens with zero attached hydrogens (tertiary/aromatic N) is 3. The van der Waals surface area contributed by atoms with Crippen LogP contribution in [0, 0.1) is 0 Å². The maximum Gasteiger partial charge on any atom is 0.213 e. The predicted molar refractivity (Wildman–Crippen MR) is 60.1 cm³/mol. The first-order chi connectivity index (χ1) is 8.24. The summed E-state index contributed by atoms with van der Waals surface area (Å²) in [7, 11) is 1.53. The van der Waals surface area contributed by atoms with Gasteiger partial charge < -0.3 is 9.84 Å². The highest BCUT2D eigenvalue weighted by atomic mass is 16.5. The summed E-state index contributed by atoms with van der Waals surface area (Å²) in [5.74, 6) is 0.497. The van der Waals surface area contributed by atoms with Crippen molar-refractivity contribution in [3.63, 3.8) is 0 Å². The zero-order chi connectivity index (χ0) is 12.3. The van der Waals surface area contributed by atoms with Gasteiger partial charge in [0.05, 0.1) is 25.6 Å². The van der Waals surface area contributed by atoms with Gasteiger partial charge in [-0.05, 0) is 6.07 Å². The molecule has 2 heterocycles. The number of aliphatic hydroxyl groups is 1. The molecule has 0 bridgehead atoms. The van der Waals surface area contributed by atoms with Gasteiger partial charge in [-0.3, -0.25) is 4.79 Å². The van der Waals surface area contributed by atoms with Crippen LogP contribution in [-0.2, 0) is 6.61 Å². The van der Waals surface area contributed by atoms with Gasteiger partial charge in [-0.2, -0.15) is 5.10 Å². The highest BCUT2D eigenvalue weighted by Gasteiger charge is 2.03. The Labute approximate surface area is 97.1 Å². The lowest BCUT2D eigenvalue weighted by Crippen LogP contribution is -2.15. The number of aliphatic hydroxyl groups excluding tert-OH is 1. The lowest BCUT2D eigenvalue weighted by Gasteiger charge is -2.06. The Hall–Kier alpha value is -2.21. The Bertz CT molecular complexity index is 563. The van der Waals surface area contributed by atoms with Gasteiger partial charge in [0.15, 0.2) is 0 Å². The topological polar surface area (TPSA) is 77.2 Å². The van der Waals surface area contributed by atoms with Crippen LogP contribution in [-0.4, -0.2) is 27.0 Å². The van der Waals surface area contributed by atoms with Gasteiger partial charge in [0, 0.05) is 18.3 Å². The van der Waals surface area contributed by atoms with Gasteiger partial charge in [0.2, 0.25) is 11.3 Å². The molecule has 0 aliphatic carbocycles. The van der Waals surface area contributed by atoms with E-state index in [1.807, 2.05) is 0 Å². The third-order valence-corrected chi connectivity index (χ3v) is 2.22. The van der Waals surface area contributed by atoms with Gasteiger partial charge in [0.25, 0.3) is 0 Å². The number of aromatic nitrogens is 3. The second-order valence-corrected chi connectivity index (χ2v) is 3.29. The molecule has 0 saturated carbocycles. The summed E-state index contributed by atoms with van der Waals surface area (Å²) in [6, 6.07) is 4.79. The van der Waals surface area contributed by atoms with Crippen molar-refractivity contribution in [1.82, 2.24) is 14.8 Å². The molecule has 6 heteroatoms. The van der Waals surface area contributed by atoms with Crippen LogP contribution in [0.2, 0.25) is 0 Å². The van der Waals surface area contributed by atoms with E-state index in [1.165, 1.54) is 24.1 Å². The van der Waals surface area contributed by atoms with E-state index in [2.05, 4.69) is 10.1 Å². The summed E-state index contributed by atoms with van der Waals surface area (Å²) in [6.45, 7) is -0.386. The van der Waals surface area contributed by atoms with E-state index in [4.69, 9.17) is 9.84 Å². The Morgan fingerprint density at radius 3 is 2.82 bits per heavy atom. The van der Waals surface area contributed by atoms with E-state index < -0.39 is 0 Å². The largest absolute Gasteiger partial charge is 0.481 e. The lowest BCUT2D eigenvalue weighted by molar-refractivity contribution is 0.273. The molecule has 2 rings (SSSR count). The van der Waals surface area contributed by atoms with E-state index in [0.29, 0.717) is 11.6 Å². The minimum Gasteiger partial charge on any atom is -0.481 e. The molecule has 2 aromatic heterocycles. The van der Waals surface area contributed by atoms with E-state index in [9.17, 15) is 4.79 Å². The van der Waals surface area contributed by atoms with Gasteiger partial charge in [-0.1, -0.05) is 0 Å². The SMILES string of the molecule is COc1ccc(-n2ccc(=O)c(CO)n2)cn1. The fourth-order valence-electron chi connectivity index (χ4n) is 1.33. The fourth-order valence-corrected chi connectivity index (χ4v) is 1.33. The third kappa shape index (κ3) is 2.31. The molecule has 0 amide bonds. The molecular weight excluding hydrogens is 222 g/mol. The van der Waals surface area contributed by atoms with Crippen LogP contribution in [0.1, 0.15) is 5.69 Å². The maximum atomic E-state index is 11.3. The molecule has 1 N–H and O–H groups in total. The fraction of sp³-hybridized carbons (Fsp3) is 0.182. The average Bonchev–Trinajstić information content (AvgIpc) is 2.39. The number of pyridine rings is 1. The molecule has 0 aromatic carbocycles. The zero-order valence-corrected chi connectivity index (χ0v) is 9.20. The van der Waals surface area contributed by atoms with Crippen LogP contribution in [0.25, 0.3) is 5.69 Å². The number of hydrogen-bond acceptors (Lipinski definition) is 5. The molecule has 17 heavy (non-hydrogen) atoms. The highest BCUT2D eigenvalue weighted by Crippen LogP contribution is 2.09. The second kappa shape index (κ2) is 4.75. The smallest absolute Gasteiger partial charge is 0.213 e. The van der Waals surface area contributed by atoms with Gasteiger partial charge >= 0.3 is 0 Å². The Morgan fingerprint density at radius 2 is 2.24 bits per heavy atom. The van der Waals surface area contributed by atoms with Gasteiger partial charge in [0.1, 0.15) is 5.69 Å². The average molecular weight is 233 g/mol. The first-order valence-electron chi connectivity index (χ1n) is 4.94. The number of ether oxygens (including phenoxy) is 1. The van der Waals surface area contributed by atoms with Crippen molar-refractivity contribution < 1.29 is 9.84 Å². The van der Waals surface area contributed by atoms with Crippen LogP contribution < -0.4 is 10.2 Å². The third-order valence-electron chi connectivity index (χ3n) is 2.22. The van der Waals surface area contributed by atoms with Crippen LogP contribution in [0.3, 0.4) is 0 Å². The van der Waals surface area contributed by atoms with Crippen molar-refractivity contribution in [2.24, 2.45) is 0 Å². The molecular formula is C11H11N3O3.